The summed E-state index contributed by atoms with van der Waals surface area (Å²) >= 11 is 2.05. The molecule has 0 saturated carbocycles. The van der Waals surface area contributed by atoms with E-state index in [-0.39, 0.29) is 5.78 Å². The van der Waals surface area contributed by atoms with E-state index in [2.05, 4.69) is 24.0 Å². The molecule has 0 radical (unpaired) electrons. The fourth-order valence-electron chi connectivity index (χ4n) is 3.00. The Hall–Kier alpha value is -1.58. The molecule has 0 aromatic heterocycles. The fourth-order valence-corrected chi connectivity index (χ4v) is 3.97. The van der Waals surface area contributed by atoms with E-state index >= 15 is 0 Å². The van der Waals surface area contributed by atoms with Gasteiger partial charge in [-0.1, -0.05) is 61.5 Å². The highest BCUT2D eigenvalue weighted by molar-refractivity contribution is 7.99. The molecular formula is C20H23NOS. The first kappa shape index (κ1) is 16.3. The molecule has 120 valence electrons. The summed E-state index contributed by atoms with van der Waals surface area (Å²) in [6.07, 6.45) is 0. The normalized spacial score (nSPS) is 16.9. The Morgan fingerprint density at radius 1 is 1.00 bits per heavy atom. The molecular weight excluding hydrogens is 302 g/mol. The number of carbonyl (C=O) groups is 1. The zero-order valence-corrected chi connectivity index (χ0v) is 14.4. The second-order valence-electron chi connectivity index (χ2n) is 6.13. The van der Waals surface area contributed by atoms with Crippen molar-refractivity contribution >= 4 is 17.5 Å². The predicted octanol–water partition coefficient (Wildman–Crippen LogP) is 4.07. The molecule has 1 fully saturated rings. The van der Waals surface area contributed by atoms with Crippen molar-refractivity contribution in [1.82, 2.24) is 4.90 Å². The standard InChI is InChI=1S/C20H23NOS/c1-16(15-21-11-13-23-14-12-21)17-7-9-19(10-8-17)20(22)18-5-3-2-4-6-18/h2-10,16H,11-15H2,1H3. The van der Waals surface area contributed by atoms with Gasteiger partial charge in [0.25, 0.3) is 0 Å². The molecule has 1 aliphatic rings. The number of hydrogen-bond donors (Lipinski definition) is 0. The number of benzene rings is 2. The Kier molecular flexibility index (Phi) is 5.52. The van der Waals surface area contributed by atoms with Gasteiger partial charge in [0.2, 0.25) is 0 Å². The van der Waals surface area contributed by atoms with Crippen LogP contribution in [-0.2, 0) is 0 Å². The van der Waals surface area contributed by atoms with Crippen LogP contribution in [0.1, 0.15) is 34.3 Å². The first-order chi connectivity index (χ1) is 11.2. The van der Waals surface area contributed by atoms with Gasteiger partial charge in [0.15, 0.2) is 5.78 Å². The number of ketones is 1. The lowest BCUT2D eigenvalue weighted by molar-refractivity contribution is 0.103. The number of nitrogens with zero attached hydrogens (tertiary/aromatic N) is 1. The summed E-state index contributed by atoms with van der Waals surface area (Å²) in [5.41, 5.74) is 2.83. The van der Waals surface area contributed by atoms with Gasteiger partial charge >= 0.3 is 0 Å². The van der Waals surface area contributed by atoms with E-state index in [4.69, 9.17) is 0 Å². The van der Waals surface area contributed by atoms with Crippen LogP contribution in [0.4, 0.5) is 0 Å². The van der Waals surface area contributed by atoms with Crippen molar-refractivity contribution in [2.24, 2.45) is 0 Å². The predicted molar refractivity (Wildman–Crippen MR) is 98.5 cm³/mol. The number of carbonyl (C=O) groups excluding carboxylic acids is 1. The molecule has 1 heterocycles. The van der Waals surface area contributed by atoms with Gasteiger partial charge in [-0.05, 0) is 11.5 Å². The van der Waals surface area contributed by atoms with Crippen molar-refractivity contribution in [1.29, 1.82) is 0 Å². The molecule has 1 saturated heterocycles. The molecule has 0 N–H and O–H groups in total. The number of hydrogen-bond acceptors (Lipinski definition) is 3. The number of thioether (sulfide) groups is 1. The van der Waals surface area contributed by atoms with Crippen LogP contribution in [0.2, 0.25) is 0 Å². The van der Waals surface area contributed by atoms with Crippen LogP contribution in [0.3, 0.4) is 0 Å². The third-order valence-corrected chi connectivity index (χ3v) is 5.36. The Bertz CT molecular complexity index is 632. The molecule has 1 atom stereocenters. The maximum Gasteiger partial charge on any atom is 0.193 e. The molecule has 2 aromatic carbocycles. The van der Waals surface area contributed by atoms with Crippen LogP contribution in [0.25, 0.3) is 0 Å². The van der Waals surface area contributed by atoms with Crippen LogP contribution in [0.15, 0.2) is 54.6 Å². The maximum atomic E-state index is 12.4. The van der Waals surface area contributed by atoms with Crippen LogP contribution < -0.4 is 0 Å². The van der Waals surface area contributed by atoms with Gasteiger partial charge in [-0.15, -0.1) is 0 Å². The summed E-state index contributed by atoms with van der Waals surface area (Å²) in [5, 5.41) is 0. The van der Waals surface area contributed by atoms with Crippen molar-refractivity contribution in [2.45, 2.75) is 12.8 Å². The van der Waals surface area contributed by atoms with Gasteiger partial charge in [-0.3, -0.25) is 4.79 Å². The van der Waals surface area contributed by atoms with Crippen molar-refractivity contribution in [3.63, 3.8) is 0 Å². The molecule has 1 unspecified atom stereocenters. The lowest BCUT2D eigenvalue weighted by atomic mass is 9.96. The van der Waals surface area contributed by atoms with Crippen molar-refractivity contribution in [2.75, 3.05) is 31.1 Å². The minimum atomic E-state index is 0.0952. The van der Waals surface area contributed by atoms with E-state index < -0.39 is 0 Å². The zero-order chi connectivity index (χ0) is 16.1. The molecule has 2 nitrogen and oxygen atoms in total. The van der Waals surface area contributed by atoms with Crippen molar-refractivity contribution in [3.8, 4) is 0 Å². The largest absolute Gasteiger partial charge is 0.301 e. The molecule has 3 heteroatoms. The molecule has 3 rings (SSSR count). The number of rotatable bonds is 5. The SMILES string of the molecule is CC(CN1CCSCC1)c1ccc(C(=O)c2ccccc2)cc1. The summed E-state index contributed by atoms with van der Waals surface area (Å²) in [6.45, 7) is 5.77. The van der Waals surface area contributed by atoms with Gasteiger partial charge in [0, 0.05) is 42.3 Å². The van der Waals surface area contributed by atoms with E-state index in [1.165, 1.54) is 30.2 Å². The van der Waals surface area contributed by atoms with Crippen LogP contribution in [0, 0.1) is 0 Å². The second kappa shape index (κ2) is 7.80. The monoisotopic (exact) mass is 325 g/mol. The van der Waals surface area contributed by atoms with Gasteiger partial charge in [-0.25, -0.2) is 0 Å². The van der Waals surface area contributed by atoms with Gasteiger partial charge < -0.3 is 4.90 Å². The maximum absolute atomic E-state index is 12.4. The van der Waals surface area contributed by atoms with E-state index in [9.17, 15) is 4.79 Å². The minimum Gasteiger partial charge on any atom is -0.301 e. The average molecular weight is 325 g/mol. The summed E-state index contributed by atoms with van der Waals surface area (Å²) < 4.78 is 0. The molecule has 0 spiro atoms. The molecule has 2 aromatic rings. The molecule has 0 aliphatic carbocycles. The smallest absolute Gasteiger partial charge is 0.193 e. The lowest BCUT2D eigenvalue weighted by Gasteiger charge is -2.29. The van der Waals surface area contributed by atoms with E-state index in [0.29, 0.717) is 5.92 Å². The summed E-state index contributed by atoms with van der Waals surface area (Å²) in [7, 11) is 0. The van der Waals surface area contributed by atoms with E-state index in [0.717, 1.165) is 17.7 Å². The highest BCUT2D eigenvalue weighted by Gasteiger charge is 2.15. The second-order valence-corrected chi connectivity index (χ2v) is 7.36. The third kappa shape index (κ3) is 4.24. The molecule has 1 aliphatic heterocycles. The highest BCUT2D eigenvalue weighted by atomic mass is 32.2. The van der Waals surface area contributed by atoms with E-state index in [1.807, 2.05) is 54.2 Å². The van der Waals surface area contributed by atoms with E-state index in [1.54, 1.807) is 0 Å². The van der Waals surface area contributed by atoms with Gasteiger partial charge in [0.05, 0.1) is 0 Å². The molecule has 0 bridgehead atoms. The first-order valence-corrected chi connectivity index (χ1v) is 9.39. The topological polar surface area (TPSA) is 20.3 Å². The summed E-state index contributed by atoms with van der Waals surface area (Å²) in [4.78, 5) is 15.0. The van der Waals surface area contributed by atoms with Gasteiger partial charge in [0.1, 0.15) is 0 Å². The summed E-state index contributed by atoms with van der Waals surface area (Å²) in [6, 6.07) is 17.6. The van der Waals surface area contributed by atoms with Crippen LogP contribution >= 0.6 is 11.8 Å². The minimum absolute atomic E-state index is 0.0952. The summed E-state index contributed by atoms with van der Waals surface area (Å²) in [5.74, 6) is 3.09. The van der Waals surface area contributed by atoms with Gasteiger partial charge in [-0.2, -0.15) is 11.8 Å². The zero-order valence-electron chi connectivity index (χ0n) is 13.6. The highest BCUT2D eigenvalue weighted by Crippen LogP contribution is 2.20. The average Bonchev–Trinajstić information content (AvgIpc) is 2.63. The van der Waals surface area contributed by atoms with Crippen LogP contribution in [-0.4, -0.2) is 41.8 Å². The first-order valence-electron chi connectivity index (χ1n) is 8.24. The Morgan fingerprint density at radius 3 is 2.26 bits per heavy atom. The lowest BCUT2D eigenvalue weighted by Crippen LogP contribution is -2.35. The Balaban J connectivity index is 1.65. The molecule has 23 heavy (non-hydrogen) atoms. The fraction of sp³-hybridized carbons (Fsp3) is 0.350. The quantitative estimate of drug-likeness (QED) is 0.773. The third-order valence-electron chi connectivity index (χ3n) is 4.41. The molecule has 0 amide bonds. The van der Waals surface area contributed by atoms with Crippen LogP contribution in [0.5, 0.6) is 0 Å². The van der Waals surface area contributed by atoms with Crippen molar-refractivity contribution in [3.05, 3.63) is 71.3 Å². The Labute approximate surface area is 142 Å². The van der Waals surface area contributed by atoms with Crippen molar-refractivity contribution < 1.29 is 4.79 Å². The Morgan fingerprint density at radius 2 is 1.61 bits per heavy atom.